The number of aromatic nitrogens is 2. The van der Waals surface area contributed by atoms with Crippen LogP contribution in [0.3, 0.4) is 0 Å². The molecule has 2 aromatic rings. The first-order valence-electron chi connectivity index (χ1n) is 9.16. The topological polar surface area (TPSA) is 141 Å². The number of anilines is 1. The van der Waals surface area contributed by atoms with Gasteiger partial charge in [0.05, 0.1) is 10.6 Å². The minimum absolute atomic E-state index is 0.178. The number of aryl methyl sites for hydroxylation is 1. The van der Waals surface area contributed by atoms with Crippen LogP contribution in [-0.4, -0.2) is 46.6 Å². The summed E-state index contributed by atoms with van der Waals surface area (Å²) in [6.07, 6.45) is 1.11. The minimum atomic E-state index is -0.570. The second-order valence-corrected chi connectivity index (χ2v) is 6.83. The Hall–Kier alpha value is -3.50. The van der Waals surface area contributed by atoms with Crippen molar-refractivity contribution >= 4 is 23.2 Å². The third kappa shape index (κ3) is 4.86. The van der Waals surface area contributed by atoms with E-state index in [4.69, 9.17) is 9.26 Å². The molecule has 1 aromatic carbocycles. The van der Waals surface area contributed by atoms with Gasteiger partial charge in [0.2, 0.25) is 11.8 Å². The highest BCUT2D eigenvalue weighted by molar-refractivity contribution is 6.02. The number of nitrogens with zero attached hydrogens (tertiary/aromatic N) is 4. The fourth-order valence-electron chi connectivity index (χ4n) is 2.75. The van der Waals surface area contributed by atoms with Gasteiger partial charge in [-0.05, 0) is 12.5 Å². The molecule has 1 aliphatic rings. The van der Waals surface area contributed by atoms with Crippen molar-refractivity contribution in [2.45, 2.75) is 32.6 Å². The number of carbonyl (C=O) groups excluding carboxylic acids is 2. The minimum Gasteiger partial charge on any atom is -0.482 e. The van der Waals surface area contributed by atoms with E-state index in [0.717, 1.165) is 0 Å². The number of fused-ring (bicyclic) bond motifs is 1. The molecule has 154 valence electrons. The van der Waals surface area contributed by atoms with Gasteiger partial charge >= 0.3 is 0 Å². The summed E-state index contributed by atoms with van der Waals surface area (Å²) in [5.41, 5.74) is 0.0189. The van der Waals surface area contributed by atoms with Crippen LogP contribution >= 0.6 is 0 Å². The van der Waals surface area contributed by atoms with Crippen molar-refractivity contribution < 1.29 is 23.8 Å². The molecular formula is C18H21N5O6. The number of nitro benzene ring substituents is 1. The molecule has 0 saturated heterocycles. The van der Waals surface area contributed by atoms with Crippen LogP contribution in [0.2, 0.25) is 0 Å². The van der Waals surface area contributed by atoms with E-state index >= 15 is 0 Å². The molecule has 0 unspecified atom stereocenters. The quantitative estimate of drug-likeness (QED) is 0.398. The zero-order chi connectivity index (χ0) is 21.0. The first-order chi connectivity index (χ1) is 13.8. The van der Waals surface area contributed by atoms with Crippen molar-refractivity contribution in [3.8, 4) is 5.75 Å². The van der Waals surface area contributed by atoms with Crippen LogP contribution in [0.15, 0.2) is 22.7 Å². The highest BCUT2D eigenvalue weighted by atomic mass is 16.6. The average molecular weight is 403 g/mol. The Morgan fingerprint density at radius 3 is 2.90 bits per heavy atom. The second-order valence-electron chi connectivity index (χ2n) is 6.83. The number of benzene rings is 1. The maximum absolute atomic E-state index is 12.3. The molecule has 0 bridgehead atoms. The Labute approximate surface area is 166 Å². The van der Waals surface area contributed by atoms with E-state index in [9.17, 15) is 19.7 Å². The summed E-state index contributed by atoms with van der Waals surface area (Å²) in [5, 5.41) is 17.6. The fraction of sp³-hybridized carbons (Fsp3) is 0.444. The zero-order valence-corrected chi connectivity index (χ0v) is 16.1. The Morgan fingerprint density at radius 2 is 2.21 bits per heavy atom. The van der Waals surface area contributed by atoms with Crippen LogP contribution in [0.4, 0.5) is 11.4 Å². The molecule has 1 N–H and O–H groups in total. The van der Waals surface area contributed by atoms with Gasteiger partial charge in [-0.25, -0.2) is 0 Å². The lowest BCUT2D eigenvalue weighted by molar-refractivity contribution is -0.384. The summed E-state index contributed by atoms with van der Waals surface area (Å²) in [4.78, 5) is 40.3. The maximum atomic E-state index is 12.3. The largest absolute Gasteiger partial charge is 0.482 e. The lowest BCUT2D eigenvalue weighted by Crippen LogP contribution is -2.45. The number of amides is 2. The summed E-state index contributed by atoms with van der Waals surface area (Å²) in [5.74, 6) is 0.818. The average Bonchev–Trinajstić information content (AvgIpc) is 3.16. The van der Waals surface area contributed by atoms with Gasteiger partial charge in [-0.3, -0.25) is 24.6 Å². The molecular weight excluding hydrogens is 382 g/mol. The molecule has 11 nitrogen and oxygen atoms in total. The molecule has 0 saturated carbocycles. The van der Waals surface area contributed by atoms with Gasteiger partial charge in [0.25, 0.3) is 11.6 Å². The summed E-state index contributed by atoms with van der Waals surface area (Å²) in [6.45, 7) is 3.81. The predicted octanol–water partition coefficient (Wildman–Crippen LogP) is 1.58. The SMILES string of the molecule is CC(C)c1noc(CCCNC(=O)CN2C(=O)COc3ccc([N+](=O)[O-])cc32)n1. The molecule has 29 heavy (non-hydrogen) atoms. The van der Waals surface area contributed by atoms with Gasteiger partial charge in [-0.2, -0.15) is 4.98 Å². The number of nitro groups is 1. The van der Waals surface area contributed by atoms with E-state index in [-0.39, 0.29) is 36.4 Å². The lowest BCUT2D eigenvalue weighted by Gasteiger charge is -2.28. The highest BCUT2D eigenvalue weighted by Gasteiger charge is 2.29. The van der Waals surface area contributed by atoms with E-state index in [1.165, 1.54) is 23.1 Å². The molecule has 0 spiro atoms. The standard InChI is InChI=1S/C18H21N5O6/c1-11(2)18-20-16(29-21-18)4-3-7-19-15(24)9-22-13-8-12(23(26)27)5-6-14(13)28-10-17(22)25/h5-6,8,11H,3-4,7,9-10H2,1-2H3,(H,19,24). The fourth-order valence-corrected chi connectivity index (χ4v) is 2.75. The van der Waals surface area contributed by atoms with E-state index in [1.807, 2.05) is 13.8 Å². The molecule has 1 aliphatic heterocycles. The number of carbonyl (C=O) groups is 2. The van der Waals surface area contributed by atoms with Gasteiger partial charge in [0.1, 0.15) is 12.3 Å². The number of rotatable bonds is 8. The Balaban J connectivity index is 1.54. The summed E-state index contributed by atoms with van der Waals surface area (Å²) >= 11 is 0. The van der Waals surface area contributed by atoms with Gasteiger partial charge < -0.3 is 14.6 Å². The van der Waals surface area contributed by atoms with Crippen LogP contribution in [0, 0.1) is 10.1 Å². The predicted molar refractivity (Wildman–Crippen MR) is 101 cm³/mol. The molecule has 11 heteroatoms. The molecule has 0 radical (unpaired) electrons. The van der Waals surface area contributed by atoms with E-state index in [1.54, 1.807) is 0 Å². The van der Waals surface area contributed by atoms with E-state index < -0.39 is 10.8 Å². The van der Waals surface area contributed by atoms with Crippen LogP contribution in [0.1, 0.15) is 37.9 Å². The third-order valence-electron chi connectivity index (χ3n) is 4.29. The molecule has 1 aromatic heterocycles. The van der Waals surface area contributed by atoms with Gasteiger partial charge in [0.15, 0.2) is 12.4 Å². The molecule has 3 rings (SSSR count). The number of hydrogen-bond acceptors (Lipinski definition) is 8. The van der Waals surface area contributed by atoms with Crippen molar-refractivity contribution in [2.75, 3.05) is 24.6 Å². The highest BCUT2D eigenvalue weighted by Crippen LogP contribution is 2.35. The monoisotopic (exact) mass is 403 g/mol. The zero-order valence-electron chi connectivity index (χ0n) is 16.1. The van der Waals surface area contributed by atoms with E-state index in [2.05, 4.69) is 15.5 Å². The van der Waals surface area contributed by atoms with Crippen molar-refractivity contribution in [2.24, 2.45) is 0 Å². The summed E-state index contributed by atoms with van der Waals surface area (Å²) in [7, 11) is 0. The van der Waals surface area contributed by atoms with Crippen molar-refractivity contribution in [3.63, 3.8) is 0 Å². The molecule has 0 atom stereocenters. The second kappa shape index (κ2) is 8.67. The van der Waals surface area contributed by atoms with Crippen molar-refractivity contribution in [3.05, 3.63) is 40.0 Å². The number of nitrogens with one attached hydrogen (secondary N) is 1. The number of ether oxygens (including phenoxy) is 1. The third-order valence-corrected chi connectivity index (χ3v) is 4.29. The summed E-state index contributed by atoms with van der Waals surface area (Å²) < 4.78 is 10.4. The van der Waals surface area contributed by atoms with Gasteiger partial charge in [-0.1, -0.05) is 19.0 Å². The molecule has 2 heterocycles. The summed E-state index contributed by atoms with van der Waals surface area (Å²) in [6, 6.07) is 3.93. The van der Waals surface area contributed by atoms with Crippen LogP contribution < -0.4 is 15.0 Å². The van der Waals surface area contributed by atoms with Crippen molar-refractivity contribution in [1.82, 2.24) is 15.5 Å². The van der Waals surface area contributed by atoms with E-state index in [0.29, 0.717) is 36.9 Å². The van der Waals surface area contributed by atoms with Gasteiger partial charge in [-0.15, -0.1) is 0 Å². The Bertz CT molecular complexity index is 925. The Morgan fingerprint density at radius 1 is 1.41 bits per heavy atom. The first-order valence-corrected chi connectivity index (χ1v) is 9.16. The van der Waals surface area contributed by atoms with Crippen molar-refractivity contribution in [1.29, 1.82) is 0 Å². The maximum Gasteiger partial charge on any atom is 0.271 e. The smallest absolute Gasteiger partial charge is 0.271 e. The number of hydrogen-bond donors (Lipinski definition) is 1. The normalized spacial score (nSPS) is 13.2. The molecule has 2 amide bonds. The first kappa shape index (κ1) is 20.2. The number of non-ortho nitro benzene ring substituents is 1. The van der Waals surface area contributed by atoms with Crippen LogP contribution in [0.25, 0.3) is 0 Å². The van der Waals surface area contributed by atoms with Crippen LogP contribution in [-0.2, 0) is 16.0 Å². The lowest BCUT2D eigenvalue weighted by atomic mass is 10.2. The molecule has 0 aliphatic carbocycles. The van der Waals surface area contributed by atoms with Gasteiger partial charge in [0, 0.05) is 31.0 Å². The Kier molecular flexibility index (Phi) is 6.05. The molecule has 0 fully saturated rings. The van der Waals surface area contributed by atoms with Crippen LogP contribution in [0.5, 0.6) is 5.75 Å².